The highest BCUT2D eigenvalue weighted by molar-refractivity contribution is 14.0. The molecule has 1 saturated heterocycles. The monoisotopic (exact) mass is 494 g/mol. The number of likely N-dealkylation sites (tertiary alicyclic amines) is 1. The van der Waals surface area contributed by atoms with Crippen LogP contribution in [0, 0.1) is 5.92 Å². The molecule has 1 amide bonds. The summed E-state index contributed by atoms with van der Waals surface area (Å²) in [5.41, 5.74) is 0. The maximum absolute atomic E-state index is 12.6. The summed E-state index contributed by atoms with van der Waals surface area (Å²) in [5.74, 6) is 1.52. The van der Waals surface area contributed by atoms with Crippen LogP contribution in [0.25, 0.3) is 0 Å². The maximum Gasteiger partial charge on any atom is 0.225 e. The Balaban J connectivity index is 0.00000364. The molecule has 6 nitrogen and oxygen atoms in total. The Morgan fingerprint density at radius 1 is 1.15 bits per heavy atom. The lowest BCUT2D eigenvalue weighted by Crippen LogP contribution is -2.45. The Bertz CT molecular complexity index is 442. The normalized spacial score (nSPS) is 20.6. The van der Waals surface area contributed by atoms with Gasteiger partial charge in [0.25, 0.3) is 0 Å². The molecule has 2 N–H and O–H groups in total. The summed E-state index contributed by atoms with van der Waals surface area (Å²) in [5, 5.41) is 6.82. The van der Waals surface area contributed by atoms with Gasteiger partial charge in [-0.3, -0.25) is 9.79 Å². The number of nitrogens with one attached hydrogen (secondary N) is 2. The van der Waals surface area contributed by atoms with E-state index in [9.17, 15) is 4.79 Å². The van der Waals surface area contributed by atoms with E-state index in [1.807, 2.05) is 0 Å². The number of rotatable bonds is 10. The lowest BCUT2D eigenvalue weighted by Gasteiger charge is -2.21. The Labute approximate surface area is 182 Å². The van der Waals surface area contributed by atoms with E-state index in [1.54, 1.807) is 0 Å². The molecule has 1 unspecified atom stereocenters. The van der Waals surface area contributed by atoms with Crippen molar-refractivity contribution in [1.82, 2.24) is 15.5 Å². The molecule has 0 radical (unpaired) electrons. The molecule has 0 bridgehead atoms. The zero-order chi connectivity index (χ0) is 18.6. The smallest absolute Gasteiger partial charge is 0.225 e. The molecule has 158 valence electrons. The molecule has 1 atom stereocenters. The minimum Gasteiger partial charge on any atom is -0.381 e. The van der Waals surface area contributed by atoms with Crippen LogP contribution in [-0.4, -0.2) is 62.2 Å². The molecule has 0 aromatic carbocycles. The highest BCUT2D eigenvalue weighted by Crippen LogP contribution is 2.27. The van der Waals surface area contributed by atoms with E-state index in [0.29, 0.717) is 11.9 Å². The van der Waals surface area contributed by atoms with Crippen molar-refractivity contribution < 1.29 is 9.53 Å². The molecule has 2 aliphatic rings. The Hall–Kier alpha value is -0.570. The fourth-order valence-corrected chi connectivity index (χ4v) is 3.73. The van der Waals surface area contributed by atoms with E-state index in [2.05, 4.69) is 34.4 Å². The van der Waals surface area contributed by atoms with Crippen molar-refractivity contribution in [2.24, 2.45) is 10.9 Å². The third kappa shape index (κ3) is 8.98. The second-order valence-electron chi connectivity index (χ2n) is 7.48. The number of unbranched alkanes of at least 4 members (excludes halogenated alkanes) is 1. The summed E-state index contributed by atoms with van der Waals surface area (Å²) < 4.78 is 5.58. The summed E-state index contributed by atoms with van der Waals surface area (Å²) in [6.07, 6.45) is 8.84. The lowest BCUT2D eigenvalue weighted by molar-refractivity contribution is -0.134. The number of carbonyl (C=O) groups excluding carboxylic acids is 1. The number of carbonyl (C=O) groups is 1. The van der Waals surface area contributed by atoms with Crippen LogP contribution in [0.15, 0.2) is 4.99 Å². The van der Waals surface area contributed by atoms with Crippen molar-refractivity contribution in [3.05, 3.63) is 0 Å². The van der Waals surface area contributed by atoms with E-state index in [0.717, 1.165) is 77.5 Å². The topological polar surface area (TPSA) is 66.0 Å². The van der Waals surface area contributed by atoms with Crippen LogP contribution < -0.4 is 10.6 Å². The number of aliphatic imine (C=N–C) groups is 1. The molecule has 1 aliphatic carbocycles. The molecule has 2 rings (SSSR count). The number of halogens is 1. The lowest BCUT2D eigenvalue weighted by atomic mass is 10.1. The van der Waals surface area contributed by atoms with Gasteiger partial charge in [0.2, 0.25) is 5.91 Å². The van der Waals surface area contributed by atoms with Crippen LogP contribution >= 0.6 is 24.0 Å². The van der Waals surface area contributed by atoms with E-state index in [1.165, 1.54) is 19.3 Å². The molecule has 0 spiro atoms. The van der Waals surface area contributed by atoms with Crippen molar-refractivity contribution in [1.29, 1.82) is 0 Å². The first-order valence-electron chi connectivity index (χ1n) is 10.7. The Kier molecular flexibility index (Phi) is 13.1. The first kappa shape index (κ1) is 24.5. The maximum atomic E-state index is 12.6. The van der Waals surface area contributed by atoms with Crippen LogP contribution in [-0.2, 0) is 9.53 Å². The predicted octanol–water partition coefficient (Wildman–Crippen LogP) is 3.16. The molecule has 7 heteroatoms. The summed E-state index contributed by atoms with van der Waals surface area (Å²) in [7, 11) is 0. The average Bonchev–Trinajstić information content (AvgIpc) is 3.32. The molecule has 2 fully saturated rings. The van der Waals surface area contributed by atoms with Crippen LogP contribution in [0.3, 0.4) is 0 Å². The van der Waals surface area contributed by atoms with Crippen molar-refractivity contribution in [3.8, 4) is 0 Å². The first-order valence-corrected chi connectivity index (χ1v) is 10.7. The fraction of sp³-hybridized carbons (Fsp3) is 0.900. The van der Waals surface area contributed by atoms with Gasteiger partial charge in [-0.05, 0) is 39.0 Å². The van der Waals surface area contributed by atoms with Gasteiger partial charge >= 0.3 is 0 Å². The van der Waals surface area contributed by atoms with Gasteiger partial charge in [0, 0.05) is 51.4 Å². The van der Waals surface area contributed by atoms with Gasteiger partial charge in [0.1, 0.15) is 0 Å². The SMILES string of the molecule is CCCCOCCCN=C(NCC)NC1CCN(C(=O)C2CCCC2)C1.I. The van der Waals surface area contributed by atoms with Gasteiger partial charge in [-0.2, -0.15) is 0 Å². The molecule has 1 heterocycles. The molecule has 0 aromatic rings. The Morgan fingerprint density at radius 2 is 1.89 bits per heavy atom. The third-order valence-corrected chi connectivity index (χ3v) is 5.25. The number of hydrogen-bond donors (Lipinski definition) is 2. The van der Waals surface area contributed by atoms with E-state index in [-0.39, 0.29) is 29.9 Å². The molecule has 0 aromatic heterocycles. The summed E-state index contributed by atoms with van der Waals surface area (Å²) in [6.45, 7) is 9.16. The molecule has 1 saturated carbocycles. The van der Waals surface area contributed by atoms with Crippen LogP contribution in [0.4, 0.5) is 0 Å². The molecule has 27 heavy (non-hydrogen) atoms. The molecular weight excluding hydrogens is 455 g/mol. The zero-order valence-electron chi connectivity index (χ0n) is 17.2. The van der Waals surface area contributed by atoms with Gasteiger partial charge in [0.15, 0.2) is 5.96 Å². The van der Waals surface area contributed by atoms with Crippen LogP contribution in [0.1, 0.15) is 65.2 Å². The Morgan fingerprint density at radius 3 is 2.59 bits per heavy atom. The number of ether oxygens (including phenoxy) is 1. The number of nitrogens with zero attached hydrogens (tertiary/aromatic N) is 2. The highest BCUT2D eigenvalue weighted by Gasteiger charge is 2.32. The minimum atomic E-state index is 0. The summed E-state index contributed by atoms with van der Waals surface area (Å²) in [6, 6.07) is 0.305. The van der Waals surface area contributed by atoms with E-state index in [4.69, 9.17) is 4.74 Å². The second kappa shape index (κ2) is 14.4. The average molecular weight is 494 g/mol. The van der Waals surface area contributed by atoms with Gasteiger partial charge in [-0.1, -0.05) is 26.2 Å². The van der Waals surface area contributed by atoms with Gasteiger partial charge in [-0.25, -0.2) is 0 Å². The standard InChI is InChI=1S/C20H38N4O2.HI/c1-3-5-14-26-15-8-12-22-20(21-4-2)23-18-11-13-24(16-18)19(25)17-9-6-7-10-17;/h17-18H,3-16H2,1-2H3,(H2,21,22,23);1H. The minimum absolute atomic E-state index is 0. The number of guanidine groups is 1. The molecule has 1 aliphatic heterocycles. The van der Waals surface area contributed by atoms with Crippen LogP contribution in [0.2, 0.25) is 0 Å². The predicted molar refractivity (Wildman–Crippen MR) is 122 cm³/mol. The van der Waals surface area contributed by atoms with Crippen molar-refractivity contribution in [3.63, 3.8) is 0 Å². The zero-order valence-corrected chi connectivity index (χ0v) is 19.5. The first-order chi connectivity index (χ1) is 12.7. The summed E-state index contributed by atoms with van der Waals surface area (Å²) in [4.78, 5) is 19.3. The van der Waals surface area contributed by atoms with Gasteiger partial charge in [-0.15, -0.1) is 24.0 Å². The van der Waals surface area contributed by atoms with Crippen molar-refractivity contribution >= 4 is 35.8 Å². The van der Waals surface area contributed by atoms with Crippen LogP contribution in [0.5, 0.6) is 0 Å². The highest BCUT2D eigenvalue weighted by atomic mass is 127. The van der Waals surface area contributed by atoms with Crippen molar-refractivity contribution in [2.75, 3.05) is 39.4 Å². The summed E-state index contributed by atoms with van der Waals surface area (Å²) >= 11 is 0. The number of amides is 1. The van der Waals surface area contributed by atoms with E-state index >= 15 is 0 Å². The van der Waals surface area contributed by atoms with Gasteiger partial charge < -0.3 is 20.3 Å². The third-order valence-electron chi connectivity index (χ3n) is 5.25. The number of hydrogen-bond acceptors (Lipinski definition) is 3. The largest absolute Gasteiger partial charge is 0.381 e. The van der Waals surface area contributed by atoms with E-state index < -0.39 is 0 Å². The fourth-order valence-electron chi connectivity index (χ4n) is 3.73. The molecular formula is C20H39IN4O2. The quantitative estimate of drug-likeness (QED) is 0.212. The second-order valence-corrected chi connectivity index (χ2v) is 7.48. The van der Waals surface area contributed by atoms with Gasteiger partial charge in [0.05, 0.1) is 0 Å². The van der Waals surface area contributed by atoms with Crippen molar-refractivity contribution in [2.45, 2.75) is 71.3 Å².